The summed E-state index contributed by atoms with van der Waals surface area (Å²) in [6, 6.07) is 27.3. The van der Waals surface area contributed by atoms with Gasteiger partial charge >= 0.3 is 0 Å². The van der Waals surface area contributed by atoms with Gasteiger partial charge in [-0.2, -0.15) is 0 Å². The Bertz CT molecular complexity index is 1630. The van der Waals surface area contributed by atoms with Crippen LogP contribution < -0.4 is 9.62 Å². The standard InChI is InChI=1S/C33H34FN3O4S/c1-24-18-25(2)20-28(19-24)37(42(40,41)29-15-8-5-9-16-29)23-32(38)36(22-27-14-10-11-17-30(27)34)31(33(39)35-3)21-26-12-6-4-7-13-26/h4-20,31H,21-23H2,1-3H3,(H,35,39)/t31-/m1/s1. The van der Waals surface area contributed by atoms with E-state index in [0.29, 0.717) is 5.69 Å². The highest BCUT2D eigenvalue weighted by Crippen LogP contribution is 2.27. The van der Waals surface area contributed by atoms with Gasteiger partial charge in [0, 0.05) is 25.6 Å². The lowest BCUT2D eigenvalue weighted by molar-refractivity contribution is -0.139. The molecule has 4 aromatic rings. The van der Waals surface area contributed by atoms with Crippen LogP contribution in [0.15, 0.2) is 108 Å². The molecular weight excluding hydrogens is 553 g/mol. The lowest BCUT2D eigenvalue weighted by Crippen LogP contribution is -2.53. The first-order valence-corrected chi connectivity index (χ1v) is 15.0. The van der Waals surface area contributed by atoms with E-state index in [1.54, 1.807) is 48.5 Å². The zero-order valence-corrected chi connectivity index (χ0v) is 24.6. The topological polar surface area (TPSA) is 86.8 Å². The molecule has 0 aromatic heterocycles. The molecule has 0 bridgehead atoms. The van der Waals surface area contributed by atoms with Gasteiger partial charge < -0.3 is 10.2 Å². The lowest BCUT2D eigenvalue weighted by Gasteiger charge is -2.33. The van der Waals surface area contributed by atoms with Crippen LogP contribution >= 0.6 is 0 Å². The van der Waals surface area contributed by atoms with Crippen LogP contribution in [0.3, 0.4) is 0 Å². The summed E-state index contributed by atoms with van der Waals surface area (Å²) in [4.78, 5) is 28.8. The highest BCUT2D eigenvalue weighted by Gasteiger charge is 2.34. The first kappa shape index (κ1) is 30.5. The van der Waals surface area contributed by atoms with Crippen molar-refractivity contribution in [1.29, 1.82) is 0 Å². The van der Waals surface area contributed by atoms with Crippen molar-refractivity contribution in [3.63, 3.8) is 0 Å². The van der Waals surface area contributed by atoms with Crippen LogP contribution in [0.2, 0.25) is 0 Å². The zero-order valence-electron chi connectivity index (χ0n) is 23.8. The minimum absolute atomic E-state index is 0.0183. The third-order valence-corrected chi connectivity index (χ3v) is 8.71. The SMILES string of the molecule is CNC(=O)[C@@H](Cc1ccccc1)N(Cc1ccccc1F)C(=O)CN(c1cc(C)cc(C)c1)S(=O)(=O)c1ccccc1. The van der Waals surface area contributed by atoms with E-state index in [0.717, 1.165) is 21.0 Å². The molecule has 0 saturated carbocycles. The van der Waals surface area contributed by atoms with Crippen LogP contribution in [0.5, 0.6) is 0 Å². The molecule has 1 N–H and O–H groups in total. The number of sulfonamides is 1. The average molecular weight is 588 g/mol. The smallest absolute Gasteiger partial charge is 0.264 e. The maximum Gasteiger partial charge on any atom is 0.264 e. The summed E-state index contributed by atoms with van der Waals surface area (Å²) in [7, 11) is -2.73. The summed E-state index contributed by atoms with van der Waals surface area (Å²) < 4.78 is 43.9. The third kappa shape index (κ3) is 7.22. The Balaban J connectivity index is 1.81. The van der Waals surface area contributed by atoms with E-state index in [2.05, 4.69) is 5.32 Å². The number of anilines is 1. The van der Waals surface area contributed by atoms with Gasteiger partial charge in [-0.3, -0.25) is 13.9 Å². The Labute approximate surface area is 246 Å². The van der Waals surface area contributed by atoms with Crippen LogP contribution in [0, 0.1) is 19.7 Å². The van der Waals surface area contributed by atoms with Crippen LogP contribution in [0.25, 0.3) is 0 Å². The maximum atomic E-state index is 14.9. The molecule has 9 heteroatoms. The first-order chi connectivity index (χ1) is 20.1. The number of carbonyl (C=O) groups is 2. The molecule has 0 radical (unpaired) electrons. The summed E-state index contributed by atoms with van der Waals surface area (Å²) in [5, 5.41) is 2.62. The van der Waals surface area contributed by atoms with Gasteiger partial charge in [-0.25, -0.2) is 12.8 Å². The molecule has 42 heavy (non-hydrogen) atoms. The van der Waals surface area contributed by atoms with Crippen LogP contribution in [0.1, 0.15) is 22.3 Å². The minimum atomic E-state index is -4.20. The number of amides is 2. The Morgan fingerprint density at radius 3 is 2.00 bits per heavy atom. The van der Waals surface area contributed by atoms with Crippen molar-refractivity contribution in [3.05, 3.63) is 131 Å². The molecule has 7 nitrogen and oxygen atoms in total. The fourth-order valence-corrected chi connectivity index (χ4v) is 6.29. The molecule has 4 aromatic carbocycles. The Morgan fingerprint density at radius 1 is 0.833 bits per heavy atom. The lowest BCUT2D eigenvalue weighted by atomic mass is 10.0. The number of rotatable bonds is 11. The summed E-state index contributed by atoms with van der Waals surface area (Å²) in [6.07, 6.45) is 0.149. The van der Waals surface area contributed by atoms with E-state index >= 15 is 0 Å². The fraction of sp³-hybridized carbons (Fsp3) is 0.212. The molecule has 4 rings (SSSR count). The second-order valence-corrected chi connectivity index (χ2v) is 12.0. The predicted molar refractivity (Wildman–Crippen MR) is 162 cm³/mol. The summed E-state index contributed by atoms with van der Waals surface area (Å²) in [6.45, 7) is 2.86. The van der Waals surface area contributed by atoms with Gasteiger partial charge in [-0.05, 0) is 60.9 Å². The highest BCUT2D eigenvalue weighted by atomic mass is 32.2. The average Bonchev–Trinajstić information content (AvgIpc) is 2.98. The fourth-order valence-electron chi connectivity index (χ4n) is 4.87. The van der Waals surface area contributed by atoms with Gasteiger partial charge in [0.25, 0.3) is 10.0 Å². The molecule has 1 atom stereocenters. The molecule has 0 spiro atoms. The van der Waals surface area contributed by atoms with E-state index in [-0.39, 0.29) is 23.4 Å². The number of hydrogen-bond acceptors (Lipinski definition) is 4. The van der Waals surface area contributed by atoms with Crippen molar-refractivity contribution >= 4 is 27.5 Å². The van der Waals surface area contributed by atoms with Gasteiger partial charge in [-0.15, -0.1) is 0 Å². The van der Waals surface area contributed by atoms with Gasteiger partial charge in [0.05, 0.1) is 10.6 Å². The molecule has 218 valence electrons. The molecule has 0 saturated heterocycles. The Hall–Kier alpha value is -4.50. The molecule has 0 aliphatic carbocycles. The highest BCUT2D eigenvalue weighted by molar-refractivity contribution is 7.92. The quantitative estimate of drug-likeness (QED) is 0.267. The largest absolute Gasteiger partial charge is 0.357 e. The molecule has 0 aliphatic rings. The predicted octanol–water partition coefficient (Wildman–Crippen LogP) is 5.02. The second-order valence-electron chi connectivity index (χ2n) is 10.1. The van der Waals surface area contributed by atoms with E-state index in [9.17, 15) is 22.4 Å². The van der Waals surface area contributed by atoms with Crippen molar-refractivity contribution in [1.82, 2.24) is 10.2 Å². The first-order valence-electron chi connectivity index (χ1n) is 13.5. The number of halogens is 1. The van der Waals surface area contributed by atoms with Crippen LogP contribution in [-0.4, -0.2) is 44.8 Å². The van der Waals surface area contributed by atoms with Crippen LogP contribution in [-0.2, 0) is 32.6 Å². The number of likely N-dealkylation sites (N-methyl/N-ethyl adjacent to an activating group) is 1. The van der Waals surface area contributed by atoms with Crippen LogP contribution in [0.4, 0.5) is 10.1 Å². The van der Waals surface area contributed by atoms with Crippen molar-refractivity contribution in [2.75, 3.05) is 17.9 Å². The maximum absolute atomic E-state index is 14.9. The summed E-state index contributed by atoms with van der Waals surface area (Å²) in [5.74, 6) is -1.64. The van der Waals surface area contributed by atoms with E-state index in [4.69, 9.17) is 0 Å². The van der Waals surface area contributed by atoms with Crippen molar-refractivity contribution < 1.29 is 22.4 Å². The Kier molecular flexibility index (Phi) is 9.75. The second kappa shape index (κ2) is 13.4. The number of aryl methyl sites for hydroxylation is 2. The summed E-state index contributed by atoms with van der Waals surface area (Å²) in [5.41, 5.74) is 2.95. The molecule has 0 unspecified atom stereocenters. The molecular formula is C33H34FN3O4S. The molecule has 0 fully saturated rings. The van der Waals surface area contributed by atoms with E-state index < -0.39 is 40.2 Å². The van der Waals surface area contributed by atoms with Gasteiger partial charge in [0.1, 0.15) is 18.4 Å². The third-order valence-electron chi connectivity index (χ3n) is 6.92. The zero-order chi connectivity index (χ0) is 30.3. The number of nitrogens with zero attached hydrogens (tertiary/aromatic N) is 2. The van der Waals surface area contributed by atoms with Gasteiger partial charge in [0.15, 0.2) is 0 Å². The van der Waals surface area contributed by atoms with E-state index in [1.165, 1.54) is 30.1 Å². The summed E-state index contributed by atoms with van der Waals surface area (Å²) >= 11 is 0. The minimum Gasteiger partial charge on any atom is -0.357 e. The number of carbonyl (C=O) groups excluding carboxylic acids is 2. The van der Waals surface area contributed by atoms with Gasteiger partial charge in [-0.1, -0.05) is 72.8 Å². The van der Waals surface area contributed by atoms with E-state index in [1.807, 2.05) is 50.2 Å². The number of hydrogen-bond donors (Lipinski definition) is 1. The Morgan fingerprint density at radius 2 is 1.40 bits per heavy atom. The number of nitrogens with one attached hydrogen (secondary N) is 1. The number of benzene rings is 4. The van der Waals surface area contributed by atoms with Crippen molar-refractivity contribution in [3.8, 4) is 0 Å². The molecule has 0 heterocycles. The molecule has 2 amide bonds. The normalized spacial score (nSPS) is 11.9. The van der Waals surface area contributed by atoms with Crippen molar-refractivity contribution in [2.24, 2.45) is 0 Å². The van der Waals surface area contributed by atoms with Crippen molar-refractivity contribution in [2.45, 2.75) is 37.8 Å². The van der Waals surface area contributed by atoms with Gasteiger partial charge in [0.2, 0.25) is 11.8 Å². The monoisotopic (exact) mass is 587 g/mol. The molecule has 0 aliphatic heterocycles.